The Hall–Kier alpha value is -1.36. The van der Waals surface area contributed by atoms with Crippen LogP contribution in [0, 0.1) is 0 Å². The number of hydrogen-bond acceptors (Lipinski definition) is 5. The molecule has 5 nitrogen and oxygen atoms in total. The standard InChI is InChI=1S/C15H28N4O/c1-5-9-16-13-11-15(19(7-3)10-6-2)18-14(17-13)12-20-8-4/h11H,5-10,12H2,1-4H3,(H,16,17,18). The van der Waals surface area contributed by atoms with E-state index in [1.165, 1.54) is 0 Å². The summed E-state index contributed by atoms with van der Waals surface area (Å²) in [7, 11) is 0. The summed E-state index contributed by atoms with van der Waals surface area (Å²) < 4.78 is 5.44. The van der Waals surface area contributed by atoms with Gasteiger partial charge in [0, 0.05) is 32.3 Å². The van der Waals surface area contributed by atoms with Crippen molar-refractivity contribution in [3.05, 3.63) is 11.9 Å². The fourth-order valence-corrected chi connectivity index (χ4v) is 1.95. The normalized spacial score (nSPS) is 10.6. The SMILES string of the molecule is CCCNc1cc(N(CC)CCC)nc(COCC)n1. The zero-order valence-electron chi connectivity index (χ0n) is 13.3. The van der Waals surface area contributed by atoms with Crippen molar-refractivity contribution in [1.82, 2.24) is 9.97 Å². The third-order valence-corrected chi connectivity index (χ3v) is 2.95. The van der Waals surface area contributed by atoms with Crippen molar-refractivity contribution in [3.8, 4) is 0 Å². The molecule has 1 N–H and O–H groups in total. The molecular weight excluding hydrogens is 252 g/mol. The zero-order chi connectivity index (χ0) is 14.8. The van der Waals surface area contributed by atoms with E-state index in [1.807, 2.05) is 13.0 Å². The van der Waals surface area contributed by atoms with Crippen molar-refractivity contribution in [3.63, 3.8) is 0 Å². The van der Waals surface area contributed by atoms with Gasteiger partial charge in [0.2, 0.25) is 0 Å². The van der Waals surface area contributed by atoms with Gasteiger partial charge in [0.05, 0.1) is 0 Å². The molecule has 0 aliphatic carbocycles. The topological polar surface area (TPSA) is 50.3 Å². The monoisotopic (exact) mass is 280 g/mol. The first kappa shape index (κ1) is 16.7. The number of ether oxygens (including phenoxy) is 1. The smallest absolute Gasteiger partial charge is 0.158 e. The summed E-state index contributed by atoms with van der Waals surface area (Å²) in [5, 5.41) is 3.34. The number of rotatable bonds is 10. The van der Waals surface area contributed by atoms with Gasteiger partial charge in [0.15, 0.2) is 5.82 Å². The molecule has 0 fully saturated rings. The lowest BCUT2D eigenvalue weighted by atomic mass is 10.3. The van der Waals surface area contributed by atoms with Gasteiger partial charge in [-0.1, -0.05) is 13.8 Å². The van der Waals surface area contributed by atoms with Crippen molar-refractivity contribution in [2.45, 2.75) is 47.1 Å². The van der Waals surface area contributed by atoms with Crippen LogP contribution in [-0.2, 0) is 11.3 Å². The van der Waals surface area contributed by atoms with E-state index < -0.39 is 0 Å². The van der Waals surface area contributed by atoms with E-state index >= 15 is 0 Å². The molecule has 1 aromatic rings. The zero-order valence-corrected chi connectivity index (χ0v) is 13.3. The van der Waals surface area contributed by atoms with Gasteiger partial charge < -0.3 is 15.0 Å². The van der Waals surface area contributed by atoms with Gasteiger partial charge in [-0.25, -0.2) is 9.97 Å². The second kappa shape index (κ2) is 9.53. The van der Waals surface area contributed by atoms with Gasteiger partial charge >= 0.3 is 0 Å². The van der Waals surface area contributed by atoms with Gasteiger partial charge in [-0.15, -0.1) is 0 Å². The van der Waals surface area contributed by atoms with E-state index in [0.717, 1.165) is 49.9 Å². The largest absolute Gasteiger partial charge is 0.374 e. The number of anilines is 2. The molecule has 0 aromatic carbocycles. The van der Waals surface area contributed by atoms with Gasteiger partial charge in [-0.05, 0) is 26.7 Å². The van der Waals surface area contributed by atoms with E-state index in [4.69, 9.17) is 4.74 Å². The summed E-state index contributed by atoms with van der Waals surface area (Å²) in [6.07, 6.45) is 2.18. The average Bonchev–Trinajstić information content (AvgIpc) is 2.48. The molecule has 0 bridgehead atoms. The Labute approximate surface area is 122 Å². The minimum absolute atomic E-state index is 0.467. The van der Waals surface area contributed by atoms with E-state index in [0.29, 0.717) is 13.2 Å². The lowest BCUT2D eigenvalue weighted by molar-refractivity contribution is 0.128. The van der Waals surface area contributed by atoms with E-state index in [2.05, 4.69) is 41.0 Å². The maximum atomic E-state index is 5.44. The molecule has 5 heteroatoms. The minimum Gasteiger partial charge on any atom is -0.374 e. The summed E-state index contributed by atoms with van der Waals surface area (Å²) in [6.45, 7) is 12.5. The first-order valence-corrected chi connectivity index (χ1v) is 7.69. The molecule has 0 spiro atoms. The Morgan fingerprint density at radius 1 is 1.15 bits per heavy atom. The van der Waals surface area contributed by atoms with Crippen LogP contribution in [0.4, 0.5) is 11.6 Å². The van der Waals surface area contributed by atoms with E-state index in [-0.39, 0.29) is 0 Å². The highest BCUT2D eigenvalue weighted by molar-refractivity contribution is 5.49. The summed E-state index contributed by atoms with van der Waals surface area (Å²) in [5.41, 5.74) is 0. The van der Waals surface area contributed by atoms with Crippen LogP contribution in [0.25, 0.3) is 0 Å². The first-order valence-electron chi connectivity index (χ1n) is 7.69. The minimum atomic E-state index is 0.467. The number of nitrogens with one attached hydrogen (secondary N) is 1. The number of aromatic nitrogens is 2. The molecule has 0 unspecified atom stereocenters. The molecule has 0 radical (unpaired) electrons. The molecule has 1 heterocycles. The predicted molar refractivity (Wildman–Crippen MR) is 84.3 cm³/mol. The Kier molecular flexibility index (Phi) is 7.95. The van der Waals surface area contributed by atoms with Gasteiger partial charge in [0.1, 0.15) is 18.2 Å². The highest BCUT2D eigenvalue weighted by atomic mass is 16.5. The van der Waals surface area contributed by atoms with Crippen molar-refractivity contribution in [1.29, 1.82) is 0 Å². The molecule has 0 atom stereocenters. The maximum absolute atomic E-state index is 5.44. The lowest BCUT2D eigenvalue weighted by Crippen LogP contribution is -2.25. The van der Waals surface area contributed by atoms with Crippen LogP contribution in [0.3, 0.4) is 0 Å². The molecule has 114 valence electrons. The van der Waals surface area contributed by atoms with Crippen LogP contribution in [-0.4, -0.2) is 36.2 Å². The van der Waals surface area contributed by atoms with Gasteiger partial charge in [-0.3, -0.25) is 0 Å². The Balaban J connectivity index is 2.94. The van der Waals surface area contributed by atoms with Crippen molar-refractivity contribution < 1.29 is 4.74 Å². The van der Waals surface area contributed by atoms with Crippen LogP contribution in [0.15, 0.2) is 6.07 Å². The van der Waals surface area contributed by atoms with Crippen molar-refractivity contribution in [2.75, 3.05) is 36.5 Å². The van der Waals surface area contributed by atoms with Crippen LogP contribution < -0.4 is 10.2 Å². The molecule has 0 saturated carbocycles. The Bertz CT molecular complexity index is 358. The fraction of sp³-hybridized carbons (Fsp3) is 0.733. The lowest BCUT2D eigenvalue weighted by Gasteiger charge is -2.22. The quantitative estimate of drug-likeness (QED) is 0.714. The molecule has 0 saturated heterocycles. The molecule has 0 aliphatic rings. The van der Waals surface area contributed by atoms with Gasteiger partial charge in [-0.2, -0.15) is 0 Å². The Morgan fingerprint density at radius 3 is 2.55 bits per heavy atom. The van der Waals surface area contributed by atoms with Crippen LogP contribution >= 0.6 is 0 Å². The average molecular weight is 280 g/mol. The maximum Gasteiger partial charge on any atom is 0.158 e. The highest BCUT2D eigenvalue weighted by Crippen LogP contribution is 2.17. The molecule has 0 amide bonds. The molecule has 0 aliphatic heterocycles. The predicted octanol–water partition coefficient (Wildman–Crippen LogP) is 3.07. The molecular formula is C15H28N4O. The van der Waals surface area contributed by atoms with E-state index in [9.17, 15) is 0 Å². The number of nitrogens with zero attached hydrogens (tertiary/aromatic N) is 3. The fourth-order valence-electron chi connectivity index (χ4n) is 1.95. The van der Waals surface area contributed by atoms with Crippen LogP contribution in [0.5, 0.6) is 0 Å². The summed E-state index contributed by atoms with van der Waals surface area (Å²) in [5.74, 6) is 2.62. The van der Waals surface area contributed by atoms with Gasteiger partial charge in [0.25, 0.3) is 0 Å². The van der Waals surface area contributed by atoms with Crippen molar-refractivity contribution >= 4 is 11.6 Å². The van der Waals surface area contributed by atoms with E-state index in [1.54, 1.807) is 0 Å². The second-order valence-corrected chi connectivity index (χ2v) is 4.67. The Morgan fingerprint density at radius 2 is 1.95 bits per heavy atom. The van der Waals surface area contributed by atoms with Crippen molar-refractivity contribution in [2.24, 2.45) is 0 Å². The van der Waals surface area contributed by atoms with Crippen LogP contribution in [0.1, 0.15) is 46.4 Å². The third kappa shape index (κ3) is 5.33. The van der Waals surface area contributed by atoms with Crippen LogP contribution in [0.2, 0.25) is 0 Å². The second-order valence-electron chi connectivity index (χ2n) is 4.67. The third-order valence-electron chi connectivity index (χ3n) is 2.95. The molecule has 1 rings (SSSR count). The molecule has 20 heavy (non-hydrogen) atoms. The summed E-state index contributed by atoms with van der Waals surface area (Å²) in [4.78, 5) is 11.4. The number of hydrogen-bond donors (Lipinski definition) is 1. The summed E-state index contributed by atoms with van der Waals surface area (Å²) >= 11 is 0. The highest BCUT2D eigenvalue weighted by Gasteiger charge is 2.10. The first-order chi connectivity index (χ1) is 9.74. The molecule has 1 aromatic heterocycles. The summed E-state index contributed by atoms with van der Waals surface area (Å²) in [6, 6.07) is 2.03.